The van der Waals surface area contributed by atoms with E-state index in [1.165, 1.54) is 11.3 Å². The van der Waals surface area contributed by atoms with Gasteiger partial charge in [-0.1, -0.05) is 6.92 Å². The van der Waals surface area contributed by atoms with E-state index in [4.69, 9.17) is 0 Å². The van der Waals surface area contributed by atoms with Gasteiger partial charge in [0.05, 0.1) is 11.4 Å². The largest absolute Gasteiger partial charge is 0.309 e. The molecule has 0 aromatic carbocycles. The van der Waals surface area contributed by atoms with Crippen molar-refractivity contribution in [3.63, 3.8) is 0 Å². The molecule has 21 heavy (non-hydrogen) atoms. The topological polar surface area (TPSA) is 71.8 Å². The molecule has 1 atom stereocenters. The molecule has 114 valence electrons. The Hall–Kier alpha value is -1.73. The SMILES string of the molecule is CCCNC(C)c1csc(NC(=O)c2cc(C)nn2C)n1. The second-order valence-electron chi connectivity index (χ2n) is 5.00. The third-order valence-electron chi connectivity index (χ3n) is 3.12. The summed E-state index contributed by atoms with van der Waals surface area (Å²) in [7, 11) is 1.76. The zero-order valence-electron chi connectivity index (χ0n) is 12.8. The summed E-state index contributed by atoms with van der Waals surface area (Å²) in [6.07, 6.45) is 1.08. The lowest BCUT2D eigenvalue weighted by Gasteiger charge is -2.09. The van der Waals surface area contributed by atoms with Crippen LogP contribution in [-0.2, 0) is 7.05 Å². The van der Waals surface area contributed by atoms with Crippen molar-refractivity contribution < 1.29 is 4.79 Å². The smallest absolute Gasteiger partial charge is 0.275 e. The van der Waals surface area contributed by atoms with E-state index in [1.807, 2.05) is 12.3 Å². The van der Waals surface area contributed by atoms with Crippen LogP contribution < -0.4 is 10.6 Å². The standard InChI is InChI=1S/C14H21N5OS/c1-5-6-15-10(3)11-8-21-14(16-11)17-13(20)12-7-9(2)18-19(12)4/h7-8,10,15H,5-6H2,1-4H3,(H,16,17,20). The van der Waals surface area contributed by atoms with Gasteiger partial charge in [-0.2, -0.15) is 5.10 Å². The molecule has 0 aliphatic heterocycles. The van der Waals surface area contributed by atoms with Crippen LogP contribution in [0.5, 0.6) is 0 Å². The van der Waals surface area contributed by atoms with Crippen molar-refractivity contribution in [3.8, 4) is 0 Å². The summed E-state index contributed by atoms with van der Waals surface area (Å²) in [5.74, 6) is -0.187. The van der Waals surface area contributed by atoms with Gasteiger partial charge in [0.15, 0.2) is 5.13 Å². The molecule has 2 N–H and O–H groups in total. The van der Waals surface area contributed by atoms with Gasteiger partial charge in [0.2, 0.25) is 0 Å². The van der Waals surface area contributed by atoms with Gasteiger partial charge in [-0.25, -0.2) is 4.98 Å². The average molecular weight is 307 g/mol. The first-order valence-electron chi connectivity index (χ1n) is 7.02. The second kappa shape index (κ2) is 6.82. The minimum Gasteiger partial charge on any atom is -0.309 e. The van der Waals surface area contributed by atoms with Gasteiger partial charge in [-0.05, 0) is 32.9 Å². The number of hydrogen-bond donors (Lipinski definition) is 2. The van der Waals surface area contributed by atoms with Crippen molar-refractivity contribution in [3.05, 3.63) is 28.5 Å². The Bertz CT molecular complexity index is 619. The quantitative estimate of drug-likeness (QED) is 0.860. The number of anilines is 1. The molecule has 2 rings (SSSR count). The number of aromatic nitrogens is 3. The maximum Gasteiger partial charge on any atom is 0.275 e. The zero-order valence-corrected chi connectivity index (χ0v) is 13.6. The number of nitrogens with zero attached hydrogens (tertiary/aromatic N) is 3. The normalized spacial score (nSPS) is 12.4. The summed E-state index contributed by atoms with van der Waals surface area (Å²) in [5, 5.41) is 12.9. The fourth-order valence-corrected chi connectivity index (χ4v) is 2.79. The number of aryl methyl sites for hydroxylation is 2. The molecule has 0 bridgehead atoms. The maximum atomic E-state index is 12.2. The molecule has 2 aromatic heterocycles. The Morgan fingerprint density at radius 3 is 2.90 bits per heavy atom. The Labute approximate surface area is 128 Å². The Morgan fingerprint density at radius 2 is 2.29 bits per heavy atom. The van der Waals surface area contributed by atoms with Crippen LogP contribution in [0.1, 0.15) is 48.2 Å². The van der Waals surface area contributed by atoms with Crippen LogP contribution in [0.3, 0.4) is 0 Å². The van der Waals surface area contributed by atoms with Crippen LogP contribution in [0.2, 0.25) is 0 Å². The molecule has 1 unspecified atom stereocenters. The van der Waals surface area contributed by atoms with Gasteiger partial charge in [0, 0.05) is 18.5 Å². The van der Waals surface area contributed by atoms with E-state index in [0.717, 1.165) is 24.4 Å². The van der Waals surface area contributed by atoms with Crippen LogP contribution in [0, 0.1) is 6.92 Å². The lowest BCUT2D eigenvalue weighted by molar-refractivity contribution is 0.101. The second-order valence-corrected chi connectivity index (χ2v) is 5.86. The number of rotatable bonds is 6. The highest BCUT2D eigenvalue weighted by Crippen LogP contribution is 2.21. The number of carbonyl (C=O) groups is 1. The van der Waals surface area contributed by atoms with Gasteiger partial charge >= 0.3 is 0 Å². The number of hydrogen-bond acceptors (Lipinski definition) is 5. The molecule has 0 spiro atoms. The molecular formula is C14H21N5OS. The first-order valence-corrected chi connectivity index (χ1v) is 7.90. The summed E-state index contributed by atoms with van der Waals surface area (Å²) in [6.45, 7) is 7.01. The zero-order chi connectivity index (χ0) is 15.4. The molecule has 2 heterocycles. The molecule has 0 radical (unpaired) electrons. The summed E-state index contributed by atoms with van der Waals surface area (Å²) >= 11 is 1.43. The number of thiazole rings is 1. The van der Waals surface area contributed by atoms with Crippen molar-refractivity contribution in [1.82, 2.24) is 20.1 Å². The molecule has 1 amide bonds. The van der Waals surface area contributed by atoms with Crippen LogP contribution >= 0.6 is 11.3 Å². The number of amides is 1. The van der Waals surface area contributed by atoms with E-state index in [1.54, 1.807) is 17.8 Å². The molecule has 0 fully saturated rings. The highest BCUT2D eigenvalue weighted by atomic mass is 32.1. The summed E-state index contributed by atoms with van der Waals surface area (Å²) in [6, 6.07) is 1.95. The van der Waals surface area contributed by atoms with Gasteiger partial charge < -0.3 is 5.32 Å². The predicted octanol–water partition coefficient (Wildman–Crippen LogP) is 2.50. The van der Waals surface area contributed by atoms with Crippen LogP contribution in [0.25, 0.3) is 0 Å². The first kappa shape index (κ1) is 15.7. The Kier molecular flexibility index (Phi) is 5.08. The van der Waals surface area contributed by atoms with E-state index in [-0.39, 0.29) is 11.9 Å². The van der Waals surface area contributed by atoms with E-state index < -0.39 is 0 Å². The molecule has 0 saturated heterocycles. The highest BCUT2D eigenvalue weighted by molar-refractivity contribution is 7.14. The van der Waals surface area contributed by atoms with Crippen molar-refractivity contribution >= 4 is 22.4 Å². The lowest BCUT2D eigenvalue weighted by atomic mass is 10.2. The summed E-state index contributed by atoms with van der Waals surface area (Å²) < 4.78 is 1.57. The average Bonchev–Trinajstić information content (AvgIpc) is 3.02. The van der Waals surface area contributed by atoms with Crippen molar-refractivity contribution in [2.75, 3.05) is 11.9 Å². The van der Waals surface area contributed by atoms with Gasteiger partial charge in [0.1, 0.15) is 5.69 Å². The maximum absolute atomic E-state index is 12.2. The van der Waals surface area contributed by atoms with Gasteiger partial charge in [-0.3, -0.25) is 14.8 Å². The molecule has 0 aliphatic carbocycles. The van der Waals surface area contributed by atoms with Crippen LogP contribution in [0.15, 0.2) is 11.4 Å². The monoisotopic (exact) mass is 307 g/mol. The van der Waals surface area contributed by atoms with Crippen molar-refractivity contribution in [2.24, 2.45) is 7.05 Å². The minimum atomic E-state index is -0.187. The van der Waals surface area contributed by atoms with E-state index in [9.17, 15) is 4.79 Å². The van der Waals surface area contributed by atoms with Crippen LogP contribution in [-0.4, -0.2) is 27.2 Å². The van der Waals surface area contributed by atoms with Crippen LogP contribution in [0.4, 0.5) is 5.13 Å². The first-order chi connectivity index (χ1) is 10.0. The Balaban J connectivity index is 2.02. The fraction of sp³-hybridized carbons (Fsp3) is 0.500. The summed E-state index contributed by atoms with van der Waals surface area (Å²) in [4.78, 5) is 16.6. The van der Waals surface area contributed by atoms with E-state index >= 15 is 0 Å². The molecule has 0 saturated carbocycles. The van der Waals surface area contributed by atoms with E-state index in [0.29, 0.717) is 10.8 Å². The number of nitrogens with one attached hydrogen (secondary N) is 2. The third kappa shape index (κ3) is 3.89. The van der Waals surface area contributed by atoms with Crippen molar-refractivity contribution in [2.45, 2.75) is 33.2 Å². The minimum absolute atomic E-state index is 0.186. The fourth-order valence-electron chi connectivity index (χ4n) is 1.99. The summed E-state index contributed by atoms with van der Waals surface area (Å²) in [5.41, 5.74) is 2.30. The third-order valence-corrected chi connectivity index (χ3v) is 3.90. The molecule has 7 heteroatoms. The van der Waals surface area contributed by atoms with E-state index in [2.05, 4.69) is 34.6 Å². The molecular weight excluding hydrogens is 286 g/mol. The lowest BCUT2D eigenvalue weighted by Crippen LogP contribution is -2.20. The van der Waals surface area contributed by atoms with Gasteiger partial charge in [0.25, 0.3) is 5.91 Å². The molecule has 0 aliphatic rings. The highest BCUT2D eigenvalue weighted by Gasteiger charge is 2.15. The van der Waals surface area contributed by atoms with Crippen molar-refractivity contribution in [1.29, 1.82) is 0 Å². The molecule has 2 aromatic rings. The predicted molar refractivity (Wildman–Crippen MR) is 84.7 cm³/mol. The Morgan fingerprint density at radius 1 is 1.52 bits per heavy atom. The van der Waals surface area contributed by atoms with Gasteiger partial charge in [-0.15, -0.1) is 11.3 Å². The number of carbonyl (C=O) groups excluding carboxylic acids is 1. The molecule has 6 nitrogen and oxygen atoms in total.